The van der Waals surface area contributed by atoms with E-state index in [1.54, 1.807) is 6.20 Å². The van der Waals surface area contributed by atoms with Gasteiger partial charge in [0.25, 0.3) is 0 Å². The molecule has 1 saturated heterocycles. The van der Waals surface area contributed by atoms with Gasteiger partial charge in [0.15, 0.2) is 11.6 Å². The third-order valence-corrected chi connectivity index (χ3v) is 5.34. The van der Waals surface area contributed by atoms with Gasteiger partial charge in [0.2, 0.25) is 5.95 Å². The molecule has 2 aromatic carbocycles. The van der Waals surface area contributed by atoms with E-state index in [1.165, 1.54) is 22.9 Å². The predicted octanol–water partition coefficient (Wildman–Crippen LogP) is 4.44. The molecule has 1 fully saturated rings. The normalized spacial score (nSPS) is 14.2. The molecule has 2 heterocycles. The van der Waals surface area contributed by atoms with Crippen molar-refractivity contribution in [2.45, 2.75) is 13.8 Å². The summed E-state index contributed by atoms with van der Waals surface area (Å²) in [5.41, 5.74) is 4.31. The summed E-state index contributed by atoms with van der Waals surface area (Å²) < 4.78 is 26.5. The first-order valence-corrected chi connectivity index (χ1v) is 9.62. The maximum atomic E-state index is 13.4. The van der Waals surface area contributed by atoms with E-state index in [4.69, 9.17) is 0 Å². The fourth-order valence-electron chi connectivity index (χ4n) is 3.54. The molecule has 0 radical (unpaired) electrons. The standard InChI is InChI=1S/C22H23F2N5/c1-15-4-3-5-20(16(15)2)28-10-12-29(13-11-28)21-8-9-25-22(27-21)26-17-6-7-18(23)19(24)14-17/h3-9,14H,10-13H2,1-2H3,(H,25,26,27). The second-order valence-electron chi connectivity index (χ2n) is 7.19. The van der Waals surface area contributed by atoms with Crippen LogP contribution in [0.15, 0.2) is 48.7 Å². The molecule has 29 heavy (non-hydrogen) atoms. The lowest BCUT2D eigenvalue weighted by Gasteiger charge is -2.37. The summed E-state index contributed by atoms with van der Waals surface area (Å²) in [6, 6.07) is 11.9. The monoisotopic (exact) mass is 395 g/mol. The summed E-state index contributed by atoms with van der Waals surface area (Å²) in [5, 5.41) is 2.93. The van der Waals surface area contributed by atoms with Gasteiger partial charge >= 0.3 is 0 Å². The van der Waals surface area contributed by atoms with Gasteiger partial charge in [0, 0.05) is 49.8 Å². The number of aryl methyl sites for hydroxylation is 1. The summed E-state index contributed by atoms with van der Waals surface area (Å²) in [5.74, 6) is -0.628. The molecular formula is C22H23F2N5. The highest BCUT2D eigenvalue weighted by atomic mass is 19.2. The number of halogens is 2. The molecule has 1 aliphatic rings. The minimum Gasteiger partial charge on any atom is -0.368 e. The van der Waals surface area contributed by atoms with Gasteiger partial charge in [-0.25, -0.2) is 13.8 Å². The Hall–Kier alpha value is -3.22. The van der Waals surface area contributed by atoms with Crippen LogP contribution in [0.25, 0.3) is 0 Å². The van der Waals surface area contributed by atoms with Gasteiger partial charge in [-0.2, -0.15) is 4.98 Å². The number of anilines is 4. The van der Waals surface area contributed by atoms with Gasteiger partial charge in [0.05, 0.1) is 0 Å². The van der Waals surface area contributed by atoms with Crippen molar-refractivity contribution < 1.29 is 8.78 Å². The summed E-state index contributed by atoms with van der Waals surface area (Å²) in [6.45, 7) is 7.79. The Morgan fingerprint density at radius 1 is 0.897 bits per heavy atom. The van der Waals surface area contributed by atoms with Crippen LogP contribution in [0.5, 0.6) is 0 Å². The molecular weight excluding hydrogens is 372 g/mol. The first-order valence-electron chi connectivity index (χ1n) is 9.62. The van der Waals surface area contributed by atoms with Crippen LogP contribution >= 0.6 is 0 Å². The maximum Gasteiger partial charge on any atom is 0.229 e. The summed E-state index contributed by atoms with van der Waals surface area (Å²) in [4.78, 5) is 13.3. The third kappa shape index (κ3) is 4.13. The Labute approximate surface area is 169 Å². The zero-order valence-electron chi connectivity index (χ0n) is 16.5. The lowest BCUT2D eigenvalue weighted by atomic mass is 10.1. The molecule has 150 valence electrons. The number of rotatable bonds is 4. The fraction of sp³-hybridized carbons (Fsp3) is 0.273. The van der Waals surface area contributed by atoms with Gasteiger partial charge in [-0.1, -0.05) is 12.1 Å². The molecule has 7 heteroatoms. The van der Waals surface area contributed by atoms with E-state index in [1.807, 2.05) is 6.07 Å². The number of piperazine rings is 1. The smallest absolute Gasteiger partial charge is 0.229 e. The number of hydrogen-bond donors (Lipinski definition) is 1. The van der Waals surface area contributed by atoms with Crippen molar-refractivity contribution in [1.29, 1.82) is 0 Å². The number of hydrogen-bond acceptors (Lipinski definition) is 5. The summed E-state index contributed by atoms with van der Waals surface area (Å²) in [7, 11) is 0. The topological polar surface area (TPSA) is 44.3 Å². The van der Waals surface area contributed by atoms with Crippen molar-refractivity contribution in [3.63, 3.8) is 0 Å². The van der Waals surface area contributed by atoms with Gasteiger partial charge in [0.1, 0.15) is 5.82 Å². The lowest BCUT2D eigenvalue weighted by molar-refractivity contribution is 0.509. The van der Waals surface area contributed by atoms with Gasteiger partial charge in [-0.15, -0.1) is 0 Å². The van der Waals surface area contributed by atoms with E-state index in [0.29, 0.717) is 11.6 Å². The van der Waals surface area contributed by atoms with Crippen LogP contribution < -0.4 is 15.1 Å². The molecule has 0 spiro atoms. The second-order valence-corrected chi connectivity index (χ2v) is 7.19. The molecule has 4 rings (SSSR count). The second kappa shape index (κ2) is 8.03. The van der Waals surface area contributed by atoms with Gasteiger partial charge < -0.3 is 15.1 Å². The van der Waals surface area contributed by atoms with Crippen molar-refractivity contribution in [2.24, 2.45) is 0 Å². The molecule has 1 aliphatic heterocycles. The molecule has 0 bridgehead atoms. The van der Waals surface area contributed by atoms with E-state index in [-0.39, 0.29) is 0 Å². The average Bonchev–Trinajstić information content (AvgIpc) is 2.73. The molecule has 0 saturated carbocycles. The quantitative estimate of drug-likeness (QED) is 0.708. The van der Waals surface area contributed by atoms with Crippen molar-refractivity contribution in [3.8, 4) is 0 Å². The largest absolute Gasteiger partial charge is 0.368 e. The molecule has 1 N–H and O–H groups in total. The van der Waals surface area contributed by atoms with E-state index in [0.717, 1.165) is 44.1 Å². The minimum atomic E-state index is -0.909. The first kappa shape index (κ1) is 19.1. The zero-order chi connectivity index (χ0) is 20.4. The number of nitrogens with one attached hydrogen (secondary N) is 1. The minimum absolute atomic E-state index is 0.352. The Morgan fingerprint density at radius 3 is 2.41 bits per heavy atom. The molecule has 1 aromatic heterocycles. The SMILES string of the molecule is Cc1cccc(N2CCN(c3ccnc(Nc4ccc(F)c(F)c4)n3)CC2)c1C. The van der Waals surface area contributed by atoms with E-state index >= 15 is 0 Å². The zero-order valence-corrected chi connectivity index (χ0v) is 16.5. The highest BCUT2D eigenvalue weighted by Gasteiger charge is 2.20. The molecule has 0 unspecified atom stereocenters. The van der Waals surface area contributed by atoms with Crippen LogP contribution in [0, 0.1) is 25.5 Å². The first-order chi connectivity index (χ1) is 14.0. The van der Waals surface area contributed by atoms with E-state index in [9.17, 15) is 8.78 Å². The molecule has 5 nitrogen and oxygen atoms in total. The third-order valence-electron chi connectivity index (χ3n) is 5.34. The van der Waals surface area contributed by atoms with Gasteiger partial charge in [-0.3, -0.25) is 0 Å². The molecule has 0 aliphatic carbocycles. The van der Waals surface area contributed by atoms with Crippen LogP contribution in [0.4, 0.5) is 31.9 Å². The summed E-state index contributed by atoms with van der Waals surface area (Å²) >= 11 is 0. The van der Waals surface area contributed by atoms with Crippen molar-refractivity contribution in [2.75, 3.05) is 41.3 Å². The lowest BCUT2D eigenvalue weighted by Crippen LogP contribution is -2.47. The fourth-order valence-corrected chi connectivity index (χ4v) is 3.54. The van der Waals surface area contributed by atoms with Gasteiger partial charge in [-0.05, 0) is 49.2 Å². The highest BCUT2D eigenvalue weighted by Crippen LogP contribution is 2.25. The van der Waals surface area contributed by atoms with Crippen molar-refractivity contribution >= 4 is 23.1 Å². The van der Waals surface area contributed by atoms with E-state index < -0.39 is 11.6 Å². The molecule has 0 amide bonds. The van der Waals surface area contributed by atoms with Crippen LogP contribution in [-0.4, -0.2) is 36.1 Å². The Kier molecular flexibility index (Phi) is 5.29. The Balaban J connectivity index is 1.44. The highest BCUT2D eigenvalue weighted by molar-refractivity contribution is 5.58. The van der Waals surface area contributed by atoms with Crippen molar-refractivity contribution in [3.05, 3.63) is 71.4 Å². The number of aromatic nitrogens is 2. The Bertz CT molecular complexity index is 1020. The molecule has 3 aromatic rings. The predicted molar refractivity (Wildman–Crippen MR) is 112 cm³/mol. The van der Waals surface area contributed by atoms with Crippen LogP contribution in [0.2, 0.25) is 0 Å². The van der Waals surface area contributed by atoms with Crippen molar-refractivity contribution in [1.82, 2.24) is 9.97 Å². The van der Waals surface area contributed by atoms with Crippen LogP contribution in [0.1, 0.15) is 11.1 Å². The average molecular weight is 395 g/mol. The summed E-state index contributed by atoms with van der Waals surface area (Å²) in [6.07, 6.45) is 1.67. The maximum absolute atomic E-state index is 13.4. The molecule has 0 atom stereocenters. The number of nitrogens with zero attached hydrogens (tertiary/aromatic N) is 4. The Morgan fingerprint density at radius 2 is 1.66 bits per heavy atom. The van der Waals surface area contributed by atoms with Crippen LogP contribution in [-0.2, 0) is 0 Å². The van der Waals surface area contributed by atoms with Crippen LogP contribution in [0.3, 0.4) is 0 Å². The van der Waals surface area contributed by atoms with E-state index in [2.05, 4.69) is 57.1 Å². The number of benzene rings is 2.